The minimum atomic E-state index is -0.210. The Morgan fingerprint density at radius 3 is 2.55 bits per heavy atom. The molecule has 0 aliphatic heterocycles. The highest BCUT2D eigenvalue weighted by atomic mass is 32.1. The fraction of sp³-hybridized carbons (Fsp3) is 0.0455. The van der Waals surface area contributed by atoms with Crippen LogP contribution in [-0.4, -0.2) is 35.4 Å². The number of aromatic nitrogens is 6. The molecule has 1 N–H and O–H groups in total. The second kappa shape index (κ2) is 8.33. The van der Waals surface area contributed by atoms with Crippen molar-refractivity contribution in [1.29, 1.82) is 0 Å². The number of hydrogen-bond acceptors (Lipinski definition) is 6. The molecule has 0 aliphatic carbocycles. The number of nitrogens with one attached hydrogen (secondary N) is 1. The van der Waals surface area contributed by atoms with Crippen LogP contribution in [0.3, 0.4) is 0 Å². The second-order valence-electron chi connectivity index (χ2n) is 6.74. The largest absolute Gasteiger partial charge is 0.347 e. The van der Waals surface area contributed by atoms with E-state index in [4.69, 9.17) is 0 Å². The summed E-state index contributed by atoms with van der Waals surface area (Å²) in [6.45, 7) is 0.412. The van der Waals surface area contributed by atoms with Gasteiger partial charge in [-0.1, -0.05) is 30.3 Å². The molecule has 3 heterocycles. The summed E-state index contributed by atoms with van der Waals surface area (Å²) >= 11 is 1.42. The molecule has 0 radical (unpaired) electrons. The van der Waals surface area contributed by atoms with Gasteiger partial charge in [0.1, 0.15) is 23.4 Å². The summed E-state index contributed by atoms with van der Waals surface area (Å²) in [7, 11) is 0. The number of para-hydroxylation sites is 1. The standard InChI is InChI=1S/C22H17N7OS/c30-21(24-10-16-6-8-19(9-7-16)29-15-23-14-26-29)20-13-31-22(27-20)17-11-25-28(12-17)18-4-2-1-3-5-18/h1-9,11-15H,10H2,(H,24,30). The Balaban J connectivity index is 1.23. The molecule has 8 nitrogen and oxygen atoms in total. The predicted molar refractivity (Wildman–Crippen MR) is 117 cm³/mol. The summed E-state index contributed by atoms with van der Waals surface area (Å²) in [4.78, 5) is 21.0. The van der Waals surface area contributed by atoms with E-state index in [1.807, 2.05) is 60.8 Å². The van der Waals surface area contributed by atoms with Gasteiger partial charge < -0.3 is 5.32 Å². The first-order chi connectivity index (χ1) is 15.3. The van der Waals surface area contributed by atoms with E-state index in [0.29, 0.717) is 12.2 Å². The lowest BCUT2D eigenvalue weighted by Crippen LogP contribution is -2.23. The Hall–Kier alpha value is -4.11. The SMILES string of the molecule is O=C(NCc1ccc(-n2cncn2)cc1)c1csc(-c2cnn(-c3ccccc3)c2)n1. The molecule has 0 aliphatic rings. The molecule has 31 heavy (non-hydrogen) atoms. The van der Waals surface area contributed by atoms with Crippen molar-refractivity contribution in [2.24, 2.45) is 0 Å². The first-order valence-electron chi connectivity index (χ1n) is 9.54. The maximum Gasteiger partial charge on any atom is 0.271 e. The summed E-state index contributed by atoms with van der Waals surface area (Å²) in [5.41, 5.74) is 4.13. The molecule has 9 heteroatoms. The van der Waals surface area contributed by atoms with Crippen LogP contribution in [0, 0.1) is 0 Å². The third-order valence-electron chi connectivity index (χ3n) is 4.66. The highest BCUT2D eigenvalue weighted by molar-refractivity contribution is 7.13. The number of carbonyl (C=O) groups excluding carboxylic acids is 1. The molecule has 5 rings (SSSR count). The Bertz CT molecular complexity index is 1290. The van der Waals surface area contributed by atoms with Crippen LogP contribution in [0.4, 0.5) is 0 Å². The van der Waals surface area contributed by atoms with Crippen LogP contribution < -0.4 is 5.32 Å². The molecular weight excluding hydrogens is 410 g/mol. The molecule has 0 fully saturated rings. The number of amides is 1. The van der Waals surface area contributed by atoms with Crippen molar-refractivity contribution >= 4 is 17.2 Å². The van der Waals surface area contributed by atoms with Crippen molar-refractivity contribution in [2.75, 3.05) is 0 Å². The van der Waals surface area contributed by atoms with Gasteiger partial charge in [-0.05, 0) is 29.8 Å². The average Bonchev–Trinajstić information content (AvgIpc) is 3.59. The average molecular weight is 427 g/mol. The smallest absolute Gasteiger partial charge is 0.271 e. The lowest BCUT2D eigenvalue weighted by Gasteiger charge is -2.05. The van der Waals surface area contributed by atoms with Crippen LogP contribution in [-0.2, 0) is 6.54 Å². The molecule has 0 atom stereocenters. The number of carbonyl (C=O) groups is 1. The lowest BCUT2D eigenvalue weighted by molar-refractivity contribution is 0.0946. The second-order valence-corrected chi connectivity index (χ2v) is 7.59. The van der Waals surface area contributed by atoms with Crippen molar-refractivity contribution in [1.82, 2.24) is 34.8 Å². The van der Waals surface area contributed by atoms with Gasteiger partial charge in [0.05, 0.1) is 17.6 Å². The topological polar surface area (TPSA) is 90.5 Å². The molecule has 1 amide bonds. The fourth-order valence-corrected chi connectivity index (χ4v) is 3.82. The summed E-state index contributed by atoms with van der Waals surface area (Å²) in [6.07, 6.45) is 6.79. The van der Waals surface area contributed by atoms with Gasteiger partial charge in [0, 0.05) is 23.7 Å². The molecule has 0 saturated carbocycles. The van der Waals surface area contributed by atoms with Gasteiger partial charge in [0.2, 0.25) is 0 Å². The number of thiazole rings is 1. The van der Waals surface area contributed by atoms with Crippen molar-refractivity contribution < 1.29 is 4.79 Å². The van der Waals surface area contributed by atoms with Crippen LogP contribution in [0.5, 0.6) is 0 Å². The monoisotopic (exact) mass is 427 g/mol. The van der Waals surface area contributed by atoms with E-state index >= 15 is 0 Å². The summed E-state index contributed by atoms with van der Waals surface area (Å²) in [5.74, 6) is -0.210. The van der Waals surface area contributed by atoms with Crippen LogP contribution in [0.1, 0.15) is 16.1 Å². The highest BCUT2D eigenvalue weighted by Gasteiger charge is 2.13. The van der Waals surface area contributed by atoms with Gasteiger partial charge in [-0.15, -0.1) is 11.3 Å². The molecule has 5 aromatic rings. The van der Waals surface area contributed by atoms with Crippen LogP contribution in [0.25, 0.3) is 21.9 Å². The molecule has 0 bridgehead atoms. The predicted octanol–water partition coefficient (Wildman–Crippen LogP) is 3.51. The Morgan fingerprint density at radius 2 is 1.77 bits per heavy atom. The van der Waals surface area contributed by atoms with Crippen LogP contribution in [0.15, 0.2) is 85.0 Å². The zero-order valence-corrected chi connectivity index (χ0v) is 17.1. The third-order valence-corrected chi connectivity index (χ3v) is 5.55. The maximum absolute atomic E-state index is 12.5. The van der Waals surface area contributed by atoms with E-state index < -0.39 is 0 Å². The van der Waals surface area contributed by atoms with Gasteiger partial charge in [-0.3, -0.25) is 4.79 Å². The minimum Gasteiger partial charge on any atom is -0.347 e. The van der Waals surface area contributed by atoms with E-state index in [9.17, 15) is 4.79 Å². The van der Waals surface area contributed by atoms with Crippen molar-refractivity contribution in [2.45, 2.75) is 6.54 Å². The normalized spacial score (nSPS) is 10.8. The van der Waals surface area contributed by atoms with Crippen LogP contribution in [0.2, 0.25) is 0 Å². The van der Waals surface area contributed by atoms with E-state index in [2.05, 4.69) is 25.5 Å². The molecule has 0 saturated heterocycles. The molecule has 0 unspecified atom stereocenters. The molecule has 152 valence electrons. The van der Waals surface area contributed by atoms with Gasteiger partial charge in [0.15, 0.2) is 0 Å². The summed E-state index contributed by atoms with van der Waals surface area (Å²) in [5, 5.41) is 13.9. The van der Waals surface area contributed by atoms with E-state index in [-0.39, 0.29) is 5.91 Å². The zero-order valence-electron chi connectivity index (χ0n) is 16.3. The van der Waals surface area contributed by atoms with Crippen LogP contribution >= 0.6 is 11.3 Å². The van der Waals surface area contributed by atoms with Gasteiger partial charge >= 0.3 is 0 Å². The number of benzene rings is 2. The van der Waals surface area contributed by atoms with E-state index in [1.54, 1.807) is 27.3 Å². The first kappa shape index (κ1) is 18.9. The van der Waals surface area contributed by atoms with E-state index in [1.165, 1.54) is 17.7 Å². The molecular formula is C22H17N7OS. The lowest BCUT2D eigenvalue weighted by atomic mass is 10.2. The number of rotatable bonds is 6. The zero-order chi connectivity index (χ0) is 21.0. The van der Waals surface area contributed by atoms with Gasteiger partial charge in [-0.2, -0.15) is 10.2 Å². The fourth-order valence-electron chi connectivity index (χ4n) is 3.05. The molecule has 3 aromatic heterocycles. The van der Waals surface area contributed by atoms with Gasteiger partial charge in [0.25, 0.3) is 5.91 Å². The maximum atomic E-state index is 12.5. The highest BCUT2D eigenvalue weighted by Crippen LogP contribution is 2.24. The summed E-state index contributed by atoms with van der Waals surface area (Å²) in [6, 6.07) is 17.6. The quantitative estimate of drug-likeness (QED) is 0.448. The minimum absolute atomic E-state index is 0.210. The Labute approximate surface area is 181 Å². The van der Waals surface area contributed by atoms with Gasteiger partial charge in [-0.25, -0.2) is 19.3 Å². The molecule has 0 spiro atoms. The number of nitrogens with zero attached hydrogens (tertiary/aromatic N) is 6. The summed E-state index contributed by atoms with van der Waals surface area (Å²) < 4.78 is 3.47. The number of hydrogen-bond donors (Lipinski definition) is 1. The van der Waals surface area contributed by atoms with Crippen molar-refractivity contribution in [3.05, 3.63) is 96.3 Å². The van der Waals surface area contributed by atoms with Crippen molar-refractivity contribution in [3.63, 3.8) is 0 Å². The Morgan fingerprint density at radius 1 is 0.968 bits per heavy atom. The third kappa shape index (κ3) is 4.12. The van der Waals surface area contributed by atoms with Crippen molar-refractivity contribution in [3.8, 4) is 21.9 Å². The molecule has 2 aromatic carbocycles. The van der Waals surface area contributed by atoms with E-state index in [0.717, 1.165) is 27.5 Å². The first-order valence-corrected chi connectivity index (χ1v) is 10.4. The Kier molecular flexibility index (Phi) is 5.07.